The number of anilines is 2. The predicted octanol–water partition coefficient (Wildman–Crippen LogP) is 6.87. The lowest BCUT2D eigenvalue weighted by Crippen LogP contribution is -2.35. The van der Waals surface area contributed by atoms with Crippen molar-refractivity contribution in [3.63, 3.8) is 0 Å². The fraction of sp³-hybridized carbons (Fsp3) is 0.243. The van der Waals surface area contributed by atoms with Gasteiger partial charge in [0.05, 0.1) is 31.5 Å². The molecule has 1 fully saturated rings. The second-order valence-corrected chi connectivity index (χ2v) is 11.5. The van der Waals surface area contributed by atoms with E-state index in [9.17, 15) is 15.2 Å². The van der Waals surface area contributed by atoms with Crippen molar-refractivity contribution in [2.45, 2.75) is 32.4 Å². The van der Waals surface area contributed by atoms with Gasteiger partial charge in [-0.25, -0.2) is 4.98 Å². The first kappa shape index (κ1) is 31.5. The van der Waals surface area contributed by atoms with Gasteiger partial charge in [-0.3, -0.25) is 9.69 Å². The first-order valence-electron chi connectivity index (χ1n) is 15.3. The summed E-state index contributed by atoms with van der Waals surface area (Å²) in [6.45, 7) is 4.22. The molecular formula is C37H35N5O5. The van der Waals surface area contributed by atoms with Crippen LogP contribution in [0.5, 0.6) is 11.5 Å². The number of piperidine rings is 1. The van der Waals surface area contributed by atoms with Crippen LogP contribution >= 0.6 is 0 Å². The number of oxazole rings is 1. The fourth-order valence-corrected chi connectivity index (χ4v) is 6.21. The van der Waals surface area contributed by atoms with Crippen molar-refractivity contribution in [1.82, 2.24) is 9.88 Å². The number of nitrogens with zero attached hydrogens (tertiary/aromatic N) is 3. The zero-order chi connectivity index (χ0) is 33.1. The number of nitrogens with one attached hydrogen (secondary N) is 2. The zero-order valence-electron chi connectivity index (χ0n) is 26.5. The molecular weight excluding hydrogens is 594 g/mol. The van der Waals surface area contributed by atoms with Gasteiger partial charge in [0.2, 0.25) is 5.89 Å². The fourth-order valence-electron chi connectivity index (χ4n) is 6.21. The first-order chi connectivity index (χ1) is 22.9. The van der Waals surface area contributed by atoms with Crippen molar-refractivity contribution >= 4 is 35.0 Å². The van der Waals surface area contributed by atoms with Crippen LogP contribution in [0, 0.1) is 23.7 Å². The first-order valence-corrected chi connectivity index (χ1v) is 15.3. The van der Waals surface area contributed by atoms with Crippen molar-refractivity contribution in [1.29, 1.82) is 10.7 Å². The molecule has 1 aliphatic rings. The molecule has 10 nitrogen and oxygen atoms in total. The van der Waals surface area contributed by atoms with Crippen molar-refractivity contribution in [2.24, 2.45) is 0 Å². The Morgan fingerprint density at radius 3 is 2.40 bits per heavy atom. The minimum atomic E-state index is -0.246. The van der Waals surface area contributed by atoms with Crippen molar-refractivity contribution in [3.8, 4) is 40.1 Å². The number of aromatic nitrogens is 1. The van der Waals surface area contributed by atoms with Crippen LogP contribution in [-0.2, 0) is 6.54 Å². The number of rotatable bonds is 10. The highest BCUT2D eigenvalue weighted by Gasteiger charge is 2.22. The average Bonchev–Trinajstić information content (AvgIpc) is 3.53. The SMILES string of the molecule is COc1cc(Nc2cccc(-c3cccc(-c4nc5cc(C=O)cc(C#N)c5o4)c3C)c2C=N)cc(OC)c1CN1CCC(O)CC1. The van der Waals surface area contributed by atoms with Crippen LogP contribution in [0.2, 0.25) is 0 Å². The molecule has 4 aromatic carbocycles. The molecule has 0 atom stereocenters. The second kappa shape index (κ2) is 13.5. The third-order valence-electron chi connectivity index (χ3n) is 8.70. The van der Waals surface area contributed by atoms with Gasteiger partial charge in [0.1, 0.15) is 29.4 Å². The lowest BCUT2D eigenvalue weighted by Gasteiger charge is -2.30. The molecule has 10 heteroatoms. The van der Waals surface area contributed by atoms with Crippen molar-refractivity contribution < 1.29 is 23.8 Å². The molecule has 5 aromatic rings. The van der Waals surface area contributed by atoms with Crippen molar-refractivity contribution in [2.75, 3.05) is 32.6 Å². The molecule has 0 bridgehead atoms. The molecule has 0 spiro atoms. The molecule has 2 heterocycles. The zero-order valence-corrected chi connectivity index (χ0v) is 26.5. The quantitative estimate of drug-likeness (QED) is 0.111. The van der Waals surface area contributed by atoms with Crippen LogP contribution in [0.15, 0.2) is 65.1 Å². The van der Waals surface area contributed by atoms with E-state index in [0.29, 0.717) is 52.4 Å². The highest BCUT2D eigenvalue weighted by Crippen LogP contribution is 2.39. The van der Waals surface area contributed by atoms with E-state index in [1.807, 2.05) is 55.5 Å². The number of benzene rings is 4. The number of aliphatic hydroxyl groups excluding tert-OH is 1. The second-order valence-electron chi connectivity index (χ2n) is 11.5. The summed E-state index contributed by atoms with van der Waals surface area (Å²) in [5.41, 5.74) is 7.80. The van der Waals surface area contributed by atoms with Gasteiger partial charge >= 0.3 is 0 Å². The predicted molar refractivity (Wildman–Crippen MR) is 181 cm³/mol. The van der Waals surface area contributed by atoms with Crippen LogP contribution in [-0.4, -0.2) is 60.9 Å². The standard InChI is InChI=1S/C37H35N5O5/c1-22-27(6-4-7-28(22)37-41-33-15-23(21-43)14-24(18-38)36(33)47-37)29-8-5-9-32(30(29)19-39)40-25-16-34(45-2)31(35(17-25)46-3)20-42-12-10-26(44)11-13-42/h4-9,14-17,19,21,26,39-40,44H,10-13,20H2,1-3H3. The Balaban J connectivity index is 1.35. The molecule has 0 unspecified atom stereocenters. The average molecular weight is 630 g/mol. The van der Waals surface area contributed by atoms with Gasteiger partial charge in [0.25, 0.3) is 0 Å². The maximum atomic E-state index is 11.4. The third kappa shape index (κ3) is 6.19. The Hall–Kier alpha value is -5.50. The Morgan fingerprint density at radius 2 is 1.74 bits per heavy atom. The monoisotopic (exact) mass is 629 g/mol. The molecule has 0 amide bonds. The summed E-state index contributed by atoms with van der Waals surface area (Å²) in [5.74, 6) is 1.71. The number of aliphatic hydroxyl groups is 1. The molecule has 47 heavy (non-hydrogen) atoms. The molecule has 1 aliphatic heterocycles. The van der Waals surface area contributed by atoms with Crippen LogP contribution in [0.3, 0.4) is 0 Å². The Morgan fingerprint density at radius 1 is 1.06 bits per heavy atom. The molecule has 3 N–H and O–H groups in total. The number of likely N-dealkylation sites (tertiary alicyclic amines) is 1. The lowest BCUT2D eigenvalue weighted by atomic mass is 9.92. The van der Waals surface area contributed by atoms with E-state index in [-0.39, 0.29) is 11.7 Å². The Bertz CT molecular complexity index is 2000. The molecule has 0 saturated carbocycles. The number of nitriles is 1. The van der Waals surface area contributed by atoms with E-state index in [1.165, 1.54) is 12.3 Å². The van der Waals surface area contributed by atoms with Crippen molar-refractivity contribution in [3.05, 3.63) is 88.5 Å². The van der Waals surface area contributed by atoms with E-state index < -0.39 is 0 Å². The number of fused-ring (bicyclic) bond motifs is 1. The Kier molecular flexibility index (Phi) is 9.02. The number of ether oxygens (including phenoxy) is 2. The molecule has 6 rings (SSSR count). The van der Waals surface area contributed by atoms with Gasteiger partial charge in [0.15, 0.2) is 5.58 Å². The summed E-state index contributed by atoms with van der Waals surface area (Å²) in [5, 5.41) is 31.4. The third-order valence-corrected chi connectivity index (χ3v) is 8.70. The number of methoxy groups -OCH3 is 2. The molecule has 1 saturated heterocycles. The number of hydrogen-bond donors (Lipinski definition) is 3. The van der Waals surface area contributed by atoms with E-state index in [4.69, 9.17) is 19.3 Å². The summed E-state index contributed by atoms with van der Waals surface area (Å²) in [6, 6.07) is 20.7. The number of carbonyl (C=O) groups excluding carboxylic acids is 1. The summed E-state index contributed by atoms with van der Waals surface area (Å²) >= 11 is 0. The topological polar surface area (TPSA) is 145 Å². The van der Waals surface area contributed by atoms with E-state index >= 15 is 0 Å². The smallest absolute Gasteiger partial charge is 0.227 e. The summed E-state index contributed by atoms with van der Waals surface area (Å²) in [6.07, 6.45) is 3.26. The normalized spacial score (nSPS) is 13.7. The van der Waals surface area contributed by atoms with E-state index in [1.54, 1.807) is 20.3 Å². The van der Waals surface area contributed by atoms with Gasteiger partial charge < -0.3 is 29.7 Å². The van der Waals surface area contributed by atoms with Gasteiger partial charge in [0, 0.05) is 66.0 Å². The highest BCUT2D eigenvalue weighted by atomic mass is 16.5. The van der Waals surface area contributed by atoms with Crippen LogP contribution in [0.1, 0.15) is 45.5 Å². The van der Waals surface area contributed by atoms with Crippen LogP contribution < -0.4 is 14.8 Å². The number of carbonyl (C=O) groups is 1. The maximum Gasteiger partial charge on any atom is 0.227 e. The Labute approximate surface area is 272 Å². The summed E-state index contributed by atoms with van der Waals surface area (Å²) in [7, 11) is 3.28. The maximum absolute atomic E-state index is 11.4. The largest absolute Gasteiger partial charge is 0.496 e. The van der Waals surface area contributed by atoms with E-state index in [0.717, 1.165) is 65.1 Å². The molecule has 238 valence electrons. The minimum absolute atomic E-state index is 0.245. The minimum Gasteiger partial charge on any atom is -0.496 e. The molecule has 0 radical (unpaired) electrons. The van der Waals surface area contributed by atoms with Gasteiger partial charge in [-0.2, -0.15) is 5.26 Å². The lowest BCUT2D eigenvalue weighted by molar-refractivity contribution is 0.0785. The molecule has 1 aromatic heterocycles. The van der Waals surface area contributed by atoms with Gasteiger partial charge in [-0.05, 0) is 60.7 Å². The van der Waals surface area contributed by atoms with Gasteiger partial charge in [-0.1, -0.05) is 24.3 Å². The van der Waals surface area contributed by atoms with Gasteiger partial charge in [-0.15, -0.1) is 0 Å². The van der Waals surface area contributed by atoms with Crippen LogP contribution in [0.25, 0.3) is 33.7 Å². The van der Waals surface area contributed by atoms with E-state index in [2.05, 4.69) is 21.3 Å². The highest BCUT2D eigenvalue weighted by molar-refractivity contribution is 5.98. The number of aldehydes is 1. The molecule has 0 aliphatic carbocycles. The number of hydrogen-bond acceptors (Lipinski definition) is 10. The summed E-state index contributed by atoms with van der Waals surface area (Å²) < 4.78 is 17.7. The van der Waals surface area contributed by atoms with Crippen LogP contribution in [0.4, 0.5) is 11.4 Å². The summed E-state index contributed by atoms with van der Waals surface area (Å²) in [4.78, 5) is 18.3.